The molecule has 0 radical (unpaired) electrons. The van der Waals surface area contributed by atoms with Gasteiger partial charge >= 0.3 is 0 Å². The topological polar surface area (TPSA) is 35.2 Å². The van der Waals surface area contributed by atoms with Gasteiger partial charge in [0.05, 0.1) is 6.04 Å². The van der Waals surface area contributed by atoms with Crippen molar-refractivity contribution in [2.45, 2.75) is 26.0 Å². The van der Waals surface area contributed by atoms with Crippen LogP contribution in [-0.4, -0.2) is 7.11 Å². The largest absolute Gasteiger partial charge is 0.375 e. The van der Waals surface area contributed by atoms with E-state index in [-0.39, 0.29) is 12.1 Å². The molecule has 0 spiro atoms. The molecule has 0 amide bonds. The summed E-state index contributed by atoms with van der Waals surface area (Å²) in [4.78, 5) is 0. The Kier molecular flexibility index (Phi) is 4.35. The van der Waals surface area contributed by atoms with Crippen LogP contribution in [0.2, 0.25) is 0 Å². The number of rotatable bonds is 4. The Morgan fingerprint density at radius 2 is 1.68 bits per heavy atom. The zero-order chi connectivity index (χ0) is 13.8. The van der Waals surface area contributed by atoms with E-state index in [4.69, 9.17) is 10.5 Å². The summed E-state index contributed by atoms with van der Waals surface area (Å²) in [7, 11) is 1.71. The van der Waals surface area contributed by atoms with Crippen molar-refractivity contribution in [3.05, 3.63) is 70.8 Å². The van der Waals surface area contributed by atoms with Gasteiger partial charge in [0.1, 0.15) is 6.10 Å². The molecule has 0 aromatic heterocycles. The first kappa shape index (κ1) is 13.8. The summed E-state index contributed by atoms with van der Waals surface area (Å²) >= 11 is 0. The predicted molar refractivity (Wildman–Crippen MR) is 79.0 cm³/mol. The molecule has 2 aromatic carbocycles. The molecule has 2 nitrogen and oxygen atoms in total. The first-order valence-electron chi connectivity index (χ1n) is 6.54. The Morgan fingerprint density at radius 3 is 2.32 bits per heavy atom. The van der Waals surface area contributed by atoms with E-state index in [1.807, 2.05) is 18.2 Å². The standard InChI is InChI=1S/C17H21NO/c1-12-9-10-13(2)15(11-12)16(18)17(19-3)14-7-5-4-6-8-14/h4-11,16-17H,18H2,1-3H3. The van der Waals surface area contributed by atoms with Crippen molar-refractivity contribution < 1.29 is 4.74 Å². The van der Waals surface area contributed by atoms with Crippen molar-refractivity contribution in [1.29, 1.82) is 0 Å². The molecule has 2 unspecified atom stereocenters. The molecule has 2 N–H and O–H groups in total. The molecule has 0 fully saturated rings. The van der Waals surface area contributed by atoms with Crippen LogP contribution in [0.1, 0.15) is 34.4 Å². The van der Waals surface area contributed by atoms with Crippen LogP contribution in [0.3, 0.4) is 0 Å². The van der Waals surface area contributed by atoms with Crippen molar-refractivity contribution in [3.63, 3.8) is 0 Å². The molecule has 2 atom stereocenters. The molecule has 100 valence electrons. The normalized spacial score (nSPS) is 14.1. The number of nitrogens with two attached hydrogens (primary N) is 1. The monoisotopic (exact) mass is 255 g/mol. The fourth-order valence-electron chi connectivity index (χ4n) is 2.41. The molecule has 0 aliphatic heterocycles. The maximum atomic E-state index is 6.43. The van der Waals surface area contributed by atoms with Gasteiger partial charge in [-0.3, -0.25) is 0 Å². The van der Waals surface area contributed by atoms with E-state index in [0.29, 0.717) is 0 Å². The second-order valence-corrected chi connectivity index (χ2v) is 4.95. The highest BCUT2D eigenvalue weighted by Crippen LogP contribution is 2.31. The van der Waals surface area contributed by atoms with E-state index >= 15 is 0 Å². The number of aryl methyl sites for hydroxylation is 2. The lowest BCUT2D eigenvalue weighted by Crippen LogP contribution is -2.22. The lowest BCUT2D eigenvalue weighted by atomic mass is 9.92. The van der Waals surface area contributed by atoms with Crippen molar-refractivity contribution in [2.24, 2.45) is 5.73 Å². The third-order valence-corrected chi connectivity index (χ3v) is 3.50. The average molecular weight is 255 g/mol. The average Bonchev–Trinajstić information content (AvgIpc) is 2.43. The van der Waals surface area contributed by atoms with Gasteiger partial charge in [0.25, 0.3) is 0 Å². The summed E-state index contributed by atoms with van der Waals surface area (Å²) in [6.45, 7) is 4.17. The van der Waals surface area contributed by atoms with Gasteiger partial charge in [-0.2, -0.15) is 0 Å². The van der Waals surface area contributed by atoms with Gasteiger partial charge in [-0.15, -0.1) is 0 Å². The number of hydrogen-bond acceptors (Lipinski definition) is 2. The van der Waals surface area contributed by atoms with E-state index in [1.54, 1.807) is 7.11 Å². The highest BCUT2D eigenvalue weighted by atomic mass is 16.5. The van der Waals surface area contributed by atoms with E-state index in [0.717, 1.165) is 11.1 Å². The van der Waals surface area contributed by atoms with Crippen LogP contribution < -0.4 is 5.73 Å². The maximum absolute atomic E-state index is 6.43. The first-order valence-corrected chi connectivity index (χ1v) is 6.54. The zero-order valence-corrected chi connectivity index (χ0v) is 11.8. The maximum Gasteiger partial charge on any atom is 0.101 e. The zero-order valence-electron chi connectivity index (χ0n) is 11.8. The van der Waals surface area contributed by atoms with Crippen LogP contribution in [0.5, 0.6) is 0 Å². The van der Waals surface area contributed by atoms with Gasteiger partial charge in [-0.25, -0.2) is 0 Å². The molecule has 0 bridgehead atoms. The molecule has 2 heteroatoms. The van der Waals surface area contributed by atoms with E-state index in [1.165, 1.54) is 11.1 Å². The van der Waals surface area contributed by atoms with Gasteiger partial charge < -0.3 is 10.5 Å². The first-order chi connectivity index (χ1) is 9.13. The Balaban J connectivity index is 2.36. The highest BCUT2D eigenvalue weighted by molar-refractivity contribution is 5.35. The fourth-order valence-corrected chi connectivity index (χ4v) is 2.41. The lowest BCUT2D eigenvalue weighted by Gasteiger charge is -2.25. The summed E-state index contributed by atoms with van der Waals surface area (Å²) in [5.74, 6) is 0. The molecular weight excluding hydrogens is 234 g/mol. The van der Waals surface area contributed by atoms with E-state index in [2.05, 4.69) is 44.2 Å². The van der Waals surface area contributed by atoms with Crippen molar-refractivity contribution in [1.82, 2.24) is 0 Å². The van der Waals surface area contributed by atoms with Gasteiger partial charge in [-0.1, -0.05) is 54.1 Å². The molecule has 2 rings (SSSR count). The van der Waals surface area contributed by atoms with Crippen molar-refractivity contribution in [2.75, 3.05) is 7.11 Å². The second kappa shape index (κ2) is 6.00. The molecular formula is C17H21NO. The van der Waals surface area contributed by atoms with E-state index in [9.17, 15) is 0 Å². The van der Waals surface area contributed by atoms with Crippen LogP contribution >= 0.6 is 0 Å². The summed E-state index contributed by atoms with van der Waals surface area (Å²) in [6.07, 6.45) is -0.123. The molecule has 0 aliphatic rings. The van der Waals surface area contributed by atoms with Gasteiger partial charge in [-0.05, 0) is 30.5 Å². The number of methoxy groups -OCH3 is 1. The SMILES string of the molecule is COC(c1ccccc1)C(N)c1cc(C)ccc1C. The minimum atomic E-state index is -0.160. The molecule has 0 saturated heterocycles. The smallest absolute Gasteiger partial charge is 0.101 e. The van der Waals surface area contributed by atoms with Crippen LogP contribution in [0.4, 0.5) is 0 Å². The third-order valence-electron chi connectivity index (χ3n) is 3.50. The van der Waals surface area contributed by atoms with Crippen molar-refractivity contribution >= 4 is 0 Å². The molecule has 0 heterocycles. The van der Waals surface area contributed by atoms with Crippen LogP contribution in [0.15, 0.2) is 48.5 Å². The molecule has 19 heavy (non-hydrogen) atoms. The Hall–Kier alpha value is -1.64. The molecule has 2 aromatic rings. The molecule has 0 saturated carbocycles. The summed E-state index contributed by atoms with van der Waals surface area (Å²) in [5, 5.41) is 0. The minimum absolute atomic E-state index is 0.123. The summed E-state index contributed by atoms with van der Waals surface area (Å²) < 4.78 is 5.62. The minimum Gasteiger partial charge on any atom is -0.375 e. The van der Waals surface area contributed by atoms with E-state index < -0.39 is 0 Å². The van der Waals surface area contributed by atoms with Crippen LogP contribution in [-0.2, 0) is 4.74 Å². The lowest BCUT2D eigenvalue weighted by molar-refractivity contribution is 0.0800. The quantitative estimate of drug-likeness (QED) is 0.904. The Morgan fingerprint density at radius 1 is 1.00 bits per heavy atom. The van der Waals surface area contributed by atoms with Crippen LogP contribution in [0, 0.1) is 13.8 Å². The number of hydrogen-bond donors (Lipinski definition) is 1. The van der Waals surface area contributed by atoms with Crippen LogP contribution in [0.25, 0.3) is 0 Å². The van der Waals surface area contributed by atoms with Gasteiger partial charge in [0.15, 0.2) is 0 Å². The second-order valence-electron chi connectivity index (χ2n) is 4.95. The molecule has 0 aliphatic carbocycles. The fraction of sp³-hybridized carbons (Fsp3) is 0.294. The highest BCUT2D eigenvalue weighted by Gasteiger charge is 2.22. The van der Waals surface area contributed by atoms with Crippen molar-refractivity contribution in [3.8, 4) is 0 Å². The predicted octanol–water partition coefficient (Wildman–Crippen LogP) is 3.69. The third kappa shape index (κ3) is 3.03. The number of ether oxygens (including phenoxy) is 1. The van der Waals surface area contributed by atoms with Gasteiger partial charge in [0, 0.05) is 7.11 Å². The van der Waals surface area contributed by atoms with Gasteiger partial charge in [0.2, 0.25) is 0 Å². The Bertz CT molecular complexity index is 536. The Labute approximate surface area is 115 Å². The summed E-state index contributed by atoms with van der Waals surface area (Å²) in [5.41, 5.74) is 11.1. The number of benzene rings is 2. The summed E-state index contributed by atoms with van der Waals surface area (Å²) in [6, 6.07) is 16.3.